The third-order valence-electron chi connectivity index (χ3n) is 3.20. The molecule has 0 aromatic heterocycles. The van der Waals surface area contributed by atoms with E-state index >= 15 is 0 Å². The van der Waals surface area contributed by atoms with E-state index in [9.17, 15) is 0 Å². The van der Waals surface area contributed by atoms with Crippen LogP contribution in [0.1, 0.15) is 12.8 Å². The Morgan fingerprint density at radius 2 is 1.80 bits per heavy atom. The Balaban J connectivity index is 2.06. The molecule has 0 amide bonds. The minimum Gasteiger partial charge on any atom is -0.330 e. The van der Waals surface area contributed by atoms with Crippen LogP contribution in [0, 0.1) is 17.8 Å². The molecule has 2 aliphatic rings. The molecule has 2 atom stereocenters. The molecule has 3 N–H and O–H groups in total. The van der Waals surface area contributed by atoms with Gasteiger partial charge in [0.2, 0.25) is 0 Å². The van der Waals surface area contributed by atoms with Crippen molar-refractivity contribution in [2.24, 2.45) is 23.5 Å². The molecule has 2 bridgehead atoms. The van der Waals surface area contributed by atoms with Gasteiger partial charge < -0.3 is 11.1 Å². The zero-order chi connectivity index (χ0) is 6.97. The SMILES string of the molecule is NCC1C2CCC1CNC2. The number of nitrogens with two attached hydrogens (primary N) is 1. The van der Waals surface area contributed by atoms with Crippen molar-refractivity contribution in [2.75, 3.05) is 19.6 Å². The van der Waals surface area contributed by atoms with Crippen molar-refractivity contribution in [1.29, 1.82) is 0 Å². The molecule has 0 spiro atoms. The minimum atomic E-state index is 0.848. The fourth-order valence-corrected chi connectivity index (χ4v) is 2.59. The summed E-state index contributed by atoms with van der Waals surface area (Å²) >= 11 is 0. The van der Waals surface area contributed by atoms with Crippen LogP contribution in [0.4, 0.5) is 0 Å². The highest BCUT2D eigenvalue weighted by atomic mass is 14.9. The van der Waals surface area contributed by atoms with E-state index in [1.54, 1.807) is 0 Å². The Morgan fingerprint density at radius 3 is 2.20 bits per heavy atom. The quantitative estimate of drug-likeness (QED) is 0.545. The summed E-state index contributed by atoms with van der Waals surface area (Å²) in [4.78, 5) is 0. The van der Waals surface area contributed by atoms with Crippen LogP contribution in [0.15, 0.2) is 0 Å². The van der Waals surface area contributed by atoms with Gasteiger partial charge in [-0.05, 0) is 50.2 Å². The van der Waals surface area contributed by atoms with Gasteiger partial charge in [0.05, 0.1) is 0 Å². The van der Waals surface area contributed by atoms with Gasteiger partial charge >= 0.3 is 0 Å². The third-order valence-corrected chi connectivity index (χ3v) is 3.20. The summed E-state index contributed by atoms with van der Waals surface area (Å²) < 4.78 is 0. The standard InChI is InChI=1S/C8H16N2/c9-3-8-6-1-2-7(8)5-10-4-6/h6-8,10H,1-5,9H2. The molecule has 2 heteroatoms. The second-order valence-corrected chi connectivity index (χ2v) is 3.66. The Morgan fingerprint density at radius 1 is 1.20 bits per heavy atom. The summed E-state index contributed by atoms with van der Waals surface area (Å²) in [6.07, 6.45) is 2.83. The van der Waals surface area contributed by atoms with Crippen LogP contribution >= 0.6 is 0 Å². The van der Waals surface area contributed by atoms with E-state index in [1.165, 1.54) is 25.9 Å². The molecule has 1 saturated carbocycles. The highest BCUT2D eigenvalue weighted by Crippen LogP contribution is 2.38. The molecule has 58 valence electrons. The number of fused-ring (bicyclic) bond motifs is 2. The summed E-state index contributed by atoms with van der Waals surface area (Å²) in [7, 11) is 0. The first-order valence-electron chi connectivity index (χ1n) is 4.32. The van der Waals surface area contributed by atoms with Gasteiger partial charge in [-0.3, -0.25) is 0 Å². The summed E-state index contributed by atoms with van der Waals surface area (Å²) in [6.45, 7) is 3.35. The lowest BCUT2D eigenvalue weighted by Gasteiger charge is -2.29. The number of piperidine rings is 1. The molecule has 1 aliphatic heterocycles. The molecule has 0 radical (unpaired) electrons. The normalized spacial score (nSPS) is 45.9. The Labute approximate surface area is 62.2 Å². The predicted octanol–water partition coefficient (Wildman–Crippen LogP) is 0.191. The monoisotopic (exact) mass is 140 g/mol. The van der Waals surface area contributed by atoms with Crippen molar-refractivity contribution in [3.8, 4) is 0 Å². The van der Waals surface area contributed by atoms with Crippen LogP contribution < -0.4 is 11.1 Å². The van der Waals surface area contributed by atoms with Crippen LogP contribution in [0.3, 0.4) is 0 Å². The maximum atomic E-state index is 5.70. The van der Waals surface area contributed by atoms with Gasteiger partial charge in [-0.1, -0.05) is 0 Å². The van der Waals surface area contributed by atoms with Gasteiger partial charge in [0.25, 0.3) is 0 Å². The number of nitrogens with one attached hydrogen (secondary N) is 1. The number of hydrogen-bond donors (Lipinski definition) is 2. The molecule has 10 heavy (non-hydrogen) atoms. The fraction of sp³-hybridized carbons (Fsp3) is 1.00. The van der Waals surface area contributed by atoms with Crippen molar-refractivity contribution in [3.05, 3.63) is 0 Å². The van der Waals surface area contributed by atoms with Crippen LogP contribution in [0.2, 0.25) is 0 Å². The minimum absolute atomic E-state index is 0.848. The largest absolute Gasteiger partial charge is 0.330 e. The molecule has 1 saturated heterocycles. The Bertz CT molecular complexity index is 108. The zero-order valence-corrected chi connectivity index (χ0v) is 6.34. The van der Waals surface area contributed by atoms with Crippen LogP contribution in [0.5, 0.6) is 0 Å². The number of rotatable bonds is 1. The average Bonchev–Trinajstić information content (AvgIpc) is 2.19. The topological polar surface area (TPSA) is 38.0 Å². The zero-order valence-electron chi connectivity index (χ0n) is 6.34. The Kier molecular flexibility index (Phi) is 1.66. The van der Waals surface area contributed by atoms with E-state index in [4.69, 9.17) is 5.73 Å². The summed E-state index contributed by atoms with van der Waals surface area (Å²) in [5, 5.41) is 3.46. The molecule has 2 unspecified atom stereocenters. The fourth-order valence-electron chi connectivity index (χ4n) is 2.59. The molecule has 1 heterocycles. The second-order valence-electron chi connectivity index (χ2n) is 3.66. The summed E-state index contributed by atoms with van der Waals surface area (Å²) in [6, 6.07) is 0. The van der Waals surface area contributed by atoms with Crippen LogP contribution in [-0.4, -0.2) is 19.6 Å². The lowest BCUT2D eigenvalue weighted by atomic mass is 9.86. The Hall–Kier alpha value is -0.0800. The van der Waals surface area contributed by atoms with Gasteiger partial charge in [0.15, 0.2) is 0 Å². The molecule has 0 aromatic carbocycles. The summed E-state index contributed by atoms with van der Waals surface area (Å²) in [5.41, 5.74) is 5.70. The third kappa shape index (κ3) is 0.867. The highest BCUT2D eigenvalue weighted by molar-refractivity contribution is 4.91. The average molecular weight is 140 g/mol. The summed E-state index contributed by atoms with van der Waals surface area (Å²) in [5.74, 6) is 2.66. The van der Waals surface area contributed by atoms with Crippen molar-refractivity contribution >= 4 is 0 Å². The van der Waals surface area contributed by atoms with Crippen LogP contribution in [-0.2, 0) is 0 Å². The lowest BCUT2D eigenvalue weighted by Crippen LogP contribution is -2.41. The van der Waals surface area contributed by atoms with Crippen molar-refractivity contribution < 1.29 is 0 Å². The van der Waals surface area contributed by atoms with Crippen molar-refractivity contribution in [3.63, 3.8) is 0 Å². The van der Waals surface area contributed by atoms with Crippen molar-refractivity contribution in [2.45, 2.75) is 12.8 Å². The van der Waals surface area contributed by atoms with E-state index in [1.807, 2.05) is 0 Å². The first kappa shape index (κ1) is 6.62. The van der Waals surface area contributed by atoms with E-state index in [0.29, 0.717) is 0 Å². The van der Waals surface area contributed by atoms with Gasteiger partial charge in [-0.2, -0.15) is 0 Å². The van der Waals surface area contributed by atoms with Gasteiger partial charge in [-0.15, -0.1) is 0 Å². The first-order valence-corrected chi connectivity index (χ1v) is 4.32. The molecular formula is C8H16N2. The number of hydrogen-bond acceptors (Lipinski definition) is 2. The first-order chi connectivity index (χ1) is 4.92. The van der Waals surface area contributed by atoms with Crippen molar-refractivity contribution in [1.82, 2.24) is 5.32 Å². The molecule has 1 aliphatic carbocycles. The maximum Gasteiger partial charge on any atom is -0.00172 e. The van der Waals surface area contributed by atoms with Gasteiger partial charge in [0.1, 0.15) is 0 Å². The lowest BCUT2D eigenvalue weighted by molar-refractivity contribution is 0.253. The van der Waals surface area contributed by atoms with E-state index in [-0.39, 0.29) is 0 Å². The predicted molar refractivity (Wildman–Crippen MR) is 41.6 cm³/mol. The molecular weight excluding hydrogens is 124 g/mol. The highest BCUT2D eigenvalue weighted by Gasteiger charge is 2.37. The second kappa shape index (κ2) is 2.51. The molecule has 2 fully saturated rings. The van der Waals surface area contributed by atoms with Gasteiger partial charge in [-0.25, -0.2) is 0 Å². The maximum absolute atomic E-state index is 5.70. The van der Waals surface area contributed by atoms with E-state index in [2.05, 4.69) is 5.32 Å². The molecule has 0 aromatic rings. The molecule has 2 nitrogen and oxygen atoms in total. The molecule has 2 rings (SSSR count). The smallest absolute Gasteiger partial charge is 0.00172 e. The van der Waals surface area contributed by atoms with Gasteiger partial charge in [0, 0.05) is 0 Å². The van der Waals surface area contributed by atoms with E-state index in [0.717, 1.165) is 24.3 Å². The van der Waals surface area contributed by atoms with E-state index < -0.39 is 0 Å². The van der Waals surface area contributed by atoms with Crippen LogP contribution in [0.25, 0.3) is 0 Å².